The van der Waals surface area contributed by atoms with Gasteiger partial charge in [0.05, 0.1) is 0 Å². The molecule has 2 aromatic rings. The fourth-order valence-corrected chi connectivity index (χ4v) is 3.17. The van der Waals surface area contributed by atoms with Gasteiger partial charge in [-0.2, -0.15) is 0 Å². The first-order valence-corrected chi connectivity index (χ1v) is 8.70. The molecule has 2 rings (SSSR count). The Kier molecular flexibility index (Phi) is 6.19. The minimum Gasteiger partial charge on any atom is -0.245 e. The van der Waals surface area contributed by atoms with Crippen LogP contribution in [-0.2, 0) is 6.42 Å². The highest BCUT2D eigenvalue weighted by Crippen LogP contribution is 2.26. The Morgan fingerprint density at radius 2 is 1.86 bits per heavy atom. The Labute approximate surface area is 132 Å². The molecule has 0 unspecified atom stereocenters. The smallest absolute Gasteiger partial charge is 0.116 e. The van der Waals surface area contributed by atoms with Crippen molar-refractivity contribution in [3.05, 3.63) is 51.9 Å². The lowest BCUT2D eigenvalue weighted by atomic mass is 10.1. The maximum atomic E-state index is 4.61. The van der Waals surface area contributed by atoms with E-state index in [-0.39, 0.29) is 0 Å². The van der Waals surface area contributed by atoms with Gasteiger partial charge in [-0.25, -0.2) is 4.99 Å². The minimum atomic E-state index is 1.11. The van der Waals surface area contributed by atoms with Gasteiger partial charge in [0.2, 0.25) is 0 Å². The number of thiophene rings is 1. The highest BCUT2D eigenvalue weighted by atomic mass is 32.1. The molecule has 0 saturated heterocycles. The first-order chi connectivity index (χ1) is 10.2. The zero-order valence-electron chi connectivity index (χ0n) is 13.4. The predicted molar refractivity (Wildman–Crippen MR) is 95.3 cm³/mol. The summed E-state index contributed by atoms with van der Waals surface area (Å²) < 4.78 is 0. The van der Waals surface area contributed by atoms with Crippen LogP contribution in [0.1, 0.15) is 54.2 Å². The van der Waals surface area contributed by atoms with Crippen LogP contribution in [-0.4, -0.2) is 6.21 Å². The van der Waals surface area contributed by atoms with Gasteiger partial charge in [0, 0.05) is 11.1 Å². The summed E-state index contributed by atoms with van der Waals surface area (Å²) in [6.45, 7) is 6.54. The van der Waals surface area contributed by atoms with Crippen LogP contribution in [0.3, 0.4) is 0 Å². The molecule has 21 heavy (non-hydrogen) atoms. The van der Waals surface area contributed by atoms with Gasteiger partial charge in [0.1, 0.15) is 5.00 Å². The van der Waals surface area contributed by atoms with Crippen molar-refractivity contribution < 1.29 is 0 Å². The van der Waals surface area contributed by atoms with Crippen molar-refractivity contribution in [2.75, 3.05) is 0 Å². The maximum Gasteiger partial charge on any atom is 0.116 e. The van der Waals surface area contributed by atoms with Crippen LogP contribution in [0.25, 0.3) is 0 Å². The molecule has 0 aliphatic heterocycles. The lowest BCUT2D eigenvalue weighted by Gasteiger charge is -1.99. The van der Waals surface area contributed by atoms with E-state index in [1.54, 1.807) is 0 Å². The average molecular weight is 299 g/mol. The largest absolute Gasteiger partial charge is 0.245 e. The Bertz CT molecular complexity index is 595. The molecule has 1 aromatic carbocycles. The van der Waals surface area contributed by atoms with Gasteiger partial charge < -0.3 is 0 Å². The predicted octanol–water partition coefficient (Wildman–Crippen LogP) is 6.24. The first kappa shape index (κ1) is 16.0. The van der Waals surface area contributed by atoms with Gasteiger partial charge in [-0.3, -0.25) is 0 Å². The van der Waals surface area contributed by atoms with E-state index in [0.717, 1.165) is 5.00 Å². The van der Waals surface area contributed by atoms with Gasteiger partial charge in [0.25, 0.3) is 0 Å². The van der Waals surface area contributed by atoms with Gasteiger partial charge in [0.15, 0.2) is 0 Å². The number of aryl methyl sites for hydroxylation is 3. The van der Waals surface area contributed by atoms with Crippen LogP contribution < -0.4 is 0 Å². The van der Waals surface area contributed by atoms with Crippen molar-refractivity contribution in [3.63, 3.8) is 0 Å². The van der Waals surface area contributed by atoms with E-state index in [9.17, 15) is 0 Å². The van der Waals surface area contributed by atoms with E-state index in [1.165, 1.54) is 53.7 Å². The van der Waals surface area contributed by atoms with Gasteiger partial charge >= 0.3 is 0 Å². The zero-order chi connectivity index (χ0) is 15.1. The molecule has 0 bridgehead atoms. The molecule has 0 aliphatic carbocycles. The van der Waals surface area contributed by atoms with Crippen molar-refractivity contribution in [3.8, 4) is 0 Å². The van der Waals surface area contributed by atoms with E-state index in [2.05, 4.69) is 56.1 Å². The molecule has 0 saturated carbocycles. The average Bonchev–Trinajstić information content (AvgIpc) is 2.93. The lowest BCUT2D eigenvalue weighted by molar-refractivity contribution is 0.670. The molecule has 2 heteroatoms. The number of hydrogen-bond acceptors (Lipinski definition) is 2. The summed E-state index contributed by atoms with van der Waals surface area (Å²) in [5.74, 6) is 0. The van der Waals surface area contributed by atoms with Gasteiger partial charge in [-0.1, -0.05) is 44.4 Å². The summed E-state index contributed by atoms with van der Waals surface area (Å²) in [6, 6.07) is 10.8. The summed E-state index contributed by atoms with van der Waals surface area (Å²) in [5.41, 5.74) is 3.83. The van der Waals surface area contributed by atoms with Crippen molar-refractivity contribution in [2.24, 2.45) is 4.99 Å². The third kappa shape index (κ3) is 5.13. The lowest BCUT2D eigenvalue weighted by Crippen LogP contribution is -1.85. The molecule has 0 fully saturated rings. The molecule has 0 amide bonds. The SMILES string of the molecule is CCCCCCc1ccc(N=Cc2ccc(C)c(C)c2)s1. The quantitative estimate of drug-likeness (QED) is 0.424. The summed E-state index contributed by atoms with van der Waals surface area (Å²) in [4.78, 5) is 6.06. The number of rotatable bonds is 7. The molecule has 1 heterocycles. The van der Waals surface area contributed by atoms with Crippen molar-refractivity contribution in [1.29, 1.82) is 0 Å². The number of hydrogen-bond donors (Lipinski definition) is 0. The Balaban J connectivity index is 1.92. The summed E-state index contributed by atoms with van der Waals surface area (Å²) in [5, 5.41) is 1.11. The topological polar surface area (TPSA) is 12.4 Å². The Morgan fingerprint density at radius 1 is 1.00 bits per heavy atom. The van der Waals surface area contributed by atoms with E-state index >= 15 is 0 Å². The number of unbranched alkanes of at least 4 members (excludes halogenated alkanes) is 3. The number of nitrogens with zero attached hydrogens (tertiary/aromatic N) is 1. The van der Waals surface area contributed by atoms with Crippen LogP contribution in [0.5, 0.6) is 0 Å². The first-order valence-electron chi connectivity index (χ1n) is 7.89. The van der Waals surface area contributed by atoms with Crippen LogP contribution in [0, 0.1) is 13.8 Å². The Morgan fingerprint density at radius 3 is 2.62 bits per heavy atom. The molecule has 0 N–H and O–H groups in total. The second-order valence-electron chi connectivity index (χ2n) is 5.65. The van der Waals surface area contributed by atoms with Crippen molar-refractivity contribution >= 4 is 22.6 Å². The number of benzene rings is 1. The van der Waals surface area contributed by atoms with Gasteiger partial charge in [-0.15, -0.1) is 11.3 Å². The van der Waals surface area contributed by atoms with Crippen LogP contribution >= 0.6 is 11.3 Å². The van der Waals surface area contributed by atoms with E-state index in [4.69, 9.17) is 0 Å². The van der Waals surface area contributed by atoms with E-state index in [0.29, 0.717) is 0 Å². The van der Waals surface area contributed by atoms with Crippen LogP contribution in [0.15, 0.2) is 35.3 Å². The minimum absolute atomic E-state index is 1.11. The third-order valence-corrected chi connectivity index (χ3v) is 4.85. The van der Waals surface area contributed by atoms with Crippen molar-refractivity contribution in [2.45, 2.75) is 52.9 Å². The van der Waals surface area contributed by atoms with Gasteiger partial charge in [-0.05, 0) is 55.5 Å². The molecule has 0 atom stereocenters. The second kappa shape index (κ2) is 8.14. The summed E-state index contributed by atoms with van der Waals surface area (Å²) >= 11 is 1.82. The zero-order valence-corrected chi connectivity index (χ0v) is 14.2. The molecule has 1 nitrogen and oxygen atoms in total. The van der Waals surface area contributed by atoms with E-state index < -0.39 is 0 Å². The molecular formula is C19H25NS. The maximum absolute atomic E-state index is 4.61. The monoisotopic (exact) mass is 299 g/mol. The Hall–Kier alpha value is -1.41. The van der Waals surface area contributed by atoms with Crippen molar-refractivity contribution in [1.82, 2.24) is 0 Å². The van der Waals surface area contributed by atoms with Crippen LogP contribution in [0.2, 0.25) is 0 Å². The molecular weight excluding hydrogens is 274 g/mol. The normalized spacial score (nSPS) is 11.4. The standard InChI is InChI=1S/C19H25NS/c1-4-5-6-7-8-18-11-12-19(21-18)20-14-17-10-9-15(2)16(3)13-17/h9-14H,4-8H2,1-3H3. The highest BCUT2D eigenvalue weighted by molar-refractivity contribution is 7.15. The molecule has 1 aromatic heterocycles. The second-order valence-corrected chi connectivity index (χ2v) is 6.80. The fourth-order valence-electron chi connectivity index (χ4n) is 2.28. The van der Waals surface area contributed by atoms with E-state index in [1.807, 2.05) is 17.6 Å². The molecule has 0 spiro atoms. The molecule has 112 valence electrons. The highest BCUT2D eigenvalue weighted by Gasteiger charge is 1.99. The summed E-state index contributed by atoms with van der Waals surface area (Å²) in [7, 11) is 0. The fraction of sp³-hybridized carbons (Fsp3) is 0.421. The molecule has 0 radical (unpaired) electrons. The van der Waals surface area contributed by atoms with Crippen LogP contribution in [0.4, 0.5) is 5.00 Å². The number of aliphatic imine (C=N–C) groups is 1. The summed E-state index contributed by atoms with van der Waals surface area (Å²) in [6.07, 6.45) is 8.46. The third-order valence-electron chi connectivity index (χ3n) is 3.80. The molecule has 0 aliphatic rings.